The largest absolute Gasteiger partial charge is 0.242 e. The van der Waals surface area contributed by atoms with Crippen LogP contribution in [0.3, 0.4) is 0 Å². The molecule has 1 radical (unpaired) electrons. The number of piperidine rings is 1. The van der Waals surface area contributed by atoms with Gasteiger partial charge in [-0.15, -0.1) is 0 Å². The van der Waals surface area contributed by atoms with Crippen LogP contribution in [0.4, 0.5) is 8.78 Å². The molecule has 2 rings (SSSR count). The summed E-state index contributed by atoms with van der Waals surface area (Å²) < 4.78 is 26.3. The van der Waals surface area contributed by atoms with Crippen molar-refractivity contribution in [1.82, 2.24) is 5.32 Å². The molecular formula is C12H14F2N. The molecule has 0 bridgehead atoms. The van der Waals surface area contributed by atoms with Gasteiger partial charge in [0, 0.05) is 13.1 Å². The van der Waals surface area contributed by atoms with E-state index >= 15 is 0 Å². The second kappa shape index (κ2) is 4.71. The first-order valence-electron chi connectivity index (χ1n) is 5.33. The van der Waals surface area contributed by atoms with Gasteiger partial charge in [0.1, 0.15) is 11.6 Å². The predicted octanol–water partition coefficient (Wildman–Crippen LogP) is 2.52. The third-order valence-corrected chi connectivity index (χ3v) is 2.91. The molecule has 1 fully saturated rings. The zero-order chi connectivity index (χ0) is 10.7. The van der Waals surface area contributed by atoms with Crippen LogP contribution in [0, 0.1) is 17.6 Å². The second-order valence-electron chi connectivity index (χ2n) is 4.05. The molecule has 0 atom stereocenters. The normalized spacial score (nSPS) is 18.0. The summed E-state index contributed by atoms with van der Waals surface area (Å²) in [6.45, 7) is 1.73. The van der Waals surface area contributed by atoms with E-state index in [-0.39, 0.29) is 11.6 Å². The van der Waals surface area contributed by atoms with Crippen molar-refractivity contribution in [3.8, 4) is 0 Å². The van der Waals surface area contributed by atoms with Gasteiger partial charge < -0.3 is 0 Å². The number of halogens is 2. The van der Waals surface area contributed by atoms with Gasteiger partial charge in [-0.2, -0.15) is 0 Å². The van der Waals surface area contributed by atoms with E-state index in [2.05, 4.69) is 5.32 Å². The van der Waals surface area contributed by atoms with Crippen LogP contribution in [-0.4, -0.2) is 13.1 Å². The first-order valence-corrected chi connectivity index (χ1v) is 5.33. The van der Waals surface area contributed by atoms with E-state index in [0.29, 0.717) is 17.9 Å². The number of hydrogen-bond donors (Lipinski definition) is 0. The first-order chi connectivity index (χ1) is 7.25. The van der Waals surface area contributed by atoms with Gasteiger partial charge in [-0.05, 0) is 48.9 Å². The SMILES string of the molecule is Fc1ccc(F)c(CC2CC[N]CC2)c1. The monoisotopic (exact) mass is 210 g/mol. The van der Waals surface area contributed by atoms with E-state index in [9.17, 15) is 8.78 Å². The van der Waals surface area contributed by atoms with Gasteiger partial charge >= 0.3 is 0 Å². The molecule has 0 saturated carbocycles. The van der Waals surface area contributed by atoms with Crippen LogP contribution in [0.5, 0.6) is 0 Å². The van der Waals surface area contributed by atoms with Crippen molar-refractivity contribution in [1.29, 1.82) is 0 Å². The molecule has 1 aromatic rings. The van der Waals surface area contributed by atoms with Crippen LogP contribution in [0.25, 0.3) is 0 Å². The number of nitrogens with zero attached hydrogens (tertiary/aromatic N) is 1. The van der Waals surface area contributed by atoms with E-state index in [1.54, 1.807) is 0 Å². The lowest BCUT2D eigenvalue weighted by Gasteiger charge is -2.21. The molecule has 81 valence electrons. The Kier molecular flexibility index (Phi) is 3.31. The van der Waals surface area contributed by atoms with E-state index in [1.807, 2.05) is 0 Å². The highest BCUT2D eigenvalue weighted by atomic mass is 19.1. The highest BCUT2D eigenvalue weighted by molar-refractivity contribution is 5.19. The van der Waals surface area contributed by atoms with Crippen molar-refractivity contribution in [2.45, 2.75) is 19.3 Å². The summed E-state index contributed by atoms with van der Waals surface area (Å²) in [5, 5.41) is 4.24. The molecule has 1 nitrogen and oxygen atoms in total. The van der Waals surface area contributed by atoms with E-state index in [4.69, 9.17) is 0 Å². The van der Waals surface area contributed by atoms with Crippen molar-refractivity contribution in [2.75, 3.05) is 13.1 Å². The third-order valence-electron chi connectivity index (χ3n) is 2.91. The lowest BCUT2D eigenvalue weighted by Crippen LogP contribution is -2.23. The molecule has 0 aromatic heterocycles. The molecule has 1 aliphatic heterocycles. The fraction of sp³-hybridized carbons (Fsp3) is 0.500. The average Bonchev–Trinajstić information content (AvgIpc) is 2.25. The number of hydrogen-bond acceptors (Lipinski definition) is 0. The van der Waals surface area contributed by atoms with Crippen molar-refractivity contribution in [3.63, 3.8) is 0 Å². The quantitative estimate of drug-likeness (QED) is 0.712. The van der Waals surface area contributed by atoms with Gasteiger partial charge in [0.05, 0.1) is 0 Å². The lowest BCUT2D eigenvalue weighted by atomic mass is 9.91. The van der Waals surface area contributed by atoms with Crippen molar-refractivity contribution in [3.05, 3.63) is 35.4 Å². The number of rotatable bonds is 2. The zero-order valence-electron chi connectivity index (χ0n) is 8.55. The molecule has 0 N–H and O–H groups in total. The Bertz CT molecular complexity index is 332. The van der Waals surface area contributed by atoms with Crippen LogP contribution >= 0.6 is 0 Å². The molecule has 0 amide bonds. The average molecular weight is 210 g/mol. The van der Waals surface area contributed by atoms with E-state index in [0.717, 1.165) is 32.0 Å². The molecule has 3 heteroatoms. The Labute approximate surface area is 88.5 Å². The van der Waals surface area contributed by atoms with Crippen LogP contribution < -0.4 is 5.32 Å². The summed E-state index contributed by atoms with van der Waals surface area (Å²) in [7, 11) is 0. The maximum atomic E-state index is 13.3. The zero-order valence-corrected chi connectivity index (χ0v) is 8.55. The first kappa shape index (κ1) is 10.6. The van der Waals surface area contributed by atoms with E-state index < -0.39 is 0 Å². The highest BCUT2D eigenvalue weighted by Gasteiger charge is 2.16. The molecule has 0 aliphatic carbocycles. The topological polar surface area (TPSA) is 14.1 Å². The summed E-state index contributed by atoms with van der Waals surface area (Å²) in [6.07, 6.45) is 2.63. The van der Waals surface area contributed by atoms with Gasteiger partial charge in [0.15, 0.2) is 0 Å². The molecular weight excluding hydrogens is 196 g/mol. The number of benzene rings is 1. The van der Waals surface area contributed by atoms with Crippen molar-refractivity contribution < 1.29 is 8.78 Å². The van der Waals surface area contributed by atoms with Gasteiger partial charge in [0.2, 0.25) is 0 Å². The van der Waals surface area contributed by atoms with Crippen molar-refractivity contribution >= 4 is 0 Å². The summed E-state index contributed by atoms with van der Waals surface area (Å²) in [5.41, 5.74) is 0.502. The molecule has 1 heterocycles. The summed E-state index contributed by atoms with van der Waals surface area (Å²) in [4.78, 5) is 0. The molecule has 1 saturated heterocycles. The smallest absolute Gasteiger partial charge is 0.126 e. The van der Waals surface area contributed by atoms with Gasteiger partial charge in [-0.25, -0.2) is 14.1 Å². The molecule has 0 spiro atoms. The Hall–Kier alpha value is -0.960. The molecule has 1 aliphatic rings. The van der Waals surface area contributed by atoms with Crippen molar-refractivity contribution in [2.24, 2.45) is 5.92 Å². The fourth-order valence-electron chi connectivity index (χ4n) is 2.02. The Morgan fingerprint density at radius 1 is 1.20 bits per heavy atom. The maximum absolute atomic E-state index is 13.3. The lowest BCUT2D eigenvalue weighted by molar-refractivity contribution is 0.363. The Morgan fingerprint density at radius 2 is 1.93 bits per heavy atom. The van der Waals surface area contributed by atoms with Gasteiger partial charge in [-0.3, -0.25) is 0 Å². The van der Waals surface area contributed by atoms with Gasteiger partial charge in [-0.1, -0.05) is 0 Å². The predicted molar refractivity (Wildman–Crippen MR) is 54.7 cm³/mol. The van der Waals surface area contributed by atoms with Crippen LogP contribution in [-0.2, 0) is 6.42 Å². The minimum atomic E-state index is -0.355. The third kappa shape index (κ3) is 2.75. The standard InChI is InChI=1S/C12H14F2N/c13-11-1-2-12(14)10(8-11)7-9-3-5-15-6-4-9/h1-2,8-9H,3-7H2. The summed E-state index contributed by atoms with van der Waals surface area (Å²) in [6, 6.07) is 3.67. The molecule has 1 aromatic carbocycles. The minimum Gasteiger partial charge on any atom is -0.242 e. The van der Waals surface area contributed by atoms with Crippen LogP contribution in [0.1, 0.15) is 18.4 Å². The summed E-state index contributed by atoms with van der Waals surface area (Å²) >= 11 is 0. The second-order valence-corrected chi connectivity index (χ2v) is 4.05. The molecule has 15 heavy (non-hydrogen) atoms. The summed E-state index contributed by atoms with van der Waals surface area (Å²) in [5.74, 6) is -0.190. The van der Waals surface area contributed by atoms with E-state index in [1.165, 1.54) is 12.1 Å². The highest BCUT2D eigenvalue weighted by Crippen LogP contribution is 2.20. The van der Waals surface area contributed by atoms with Gasteiger partial charge in [0.25, 0.3) is 0 Å². The van der Waals surface area contributed by atoms with Crippen LogP contribution in [0.15, 0.2) is 18.2 Å². The fourth-order valence-corrected chi connectivity index (χ4v) is 2.02. The minimum absolute atomic E-state index is 0.293. The molecule has 0 unspecified atom stereocenters. The maximum Gasteiger partial charge on any atom is 0.126 e. The van der Waals surface area contributed by atoms with Crippen LogP contribution in [0.2, 0.25) is 0 Å². The Balaban J connectivity index is 2.05. The Morgan fingerprint density at radius 3 is 2.67 bits per heavy atom.